The molecule has 1 aliphatic heterocycles. The molecule has 0 spiro atoms. The Kier molecular flexibility index (Phi) is 5.36. The number of benzene rings is 1. The second-order valence-corrected chi connectivity index (χ2v) is 6.09. The molecular weight excluding hydrogens is 296 g/mol. The Hall–Kier alpha value is -2.37. The van der Waals surface area contributed by atoms with Crippen molar-refractivity contribution in [1.82, 2.24) is 10.2 Å². The van der Waals surface area contributed by atoms with Gasteiger partial charge in [0.05, 0.1) is 0 Å². The van der Waals surface area contributed by atoms with Gasteiger partial charge in [-0.1, -0.05) is 32.0 Å². The van der Waals surface area contributed by atoms with E-state index in [0.717, 1.165) is 0 Å². The minimum Gasteiger partial charge on any atom is -0.480 e. The highest BCUT2D eigenvalue weighted by atomic mass is 16.4. The van der Waals surface area contributed by atoms with Crippen molar-refractivity contribution in [2.45, 2.75) is 38.8 Å². The van der Waals surface area contributed by atoms with Gasteiger partial charge in [0.25, 0.3) is 5.91 Å². The molecule has 1 aromatic rings. The zero-order valence-corrected chi connectivity index (χ0v) is 13.4. The lowest BCUT2D eigenvalue weighted by atomic mass is 10.0. The standard InChI is InChI=1S/C17H22N2O4/c1-11(2)14(18-15(20)12-7-4-3-5-8-12)16(21)19-10-6-9-13(19)17(22)23/h3-5,7-8,11,13-14H,6,9-10H2,1-2H3,(H,18,20)(H,22,23)/t13-,14-/m0/s1. The first-order valence-electron chi connectivity index (χ1n) is 7.81. The molecule has 1 aromatic carbocycles. The lowest BCUT2D eigenvalue weighted by molar-refractivity contribution is -0.149. The molecule has 0 radical (unpaired) electrons. The first-order chi connectivity index (χ1) is 10.9. The highest BCUT2D eigenvalue weighted by Crippen LogP contribution is 2.20. The Morgan fingerprint density at radius 2 is 1.87 bits per heavy atom. The normalized spacial score (nSPS) is 18.7. The second-order valence-electron chi connectivity index (χ2n) is 6.09. The molecule has 0 unspecified atom stereocenters. The number of carboxylic acids is 1. The van der Waals surface area contributed by atoms with E-state index in [2.05, 4.69) is 5.32 Å². The summed E-state index contributed by atoms with van der Waals surface area (Å²) in [5.74, 6) is -1.78. The van der Waals surface area contributed by atoms with E-state index in [4.69, 9.17) is 0 Å². The van der Waals surface area contributed by atoms with Crippen LogP contribution in [0.4, 0.5) is 0 Å². The molecule has 0 bridgehead atoms. The predicted octanol–water partition coefficient (Wildman–Crippen LogP) is 1.52. The minimum absolute atomic E-state index is 0.134. The summed E-state index contributed by atoms with van der Waals surface area (Å²) in [6, 6.07) is 7.13. The van der Waals surface area contributed by atoms with Crippen LogP contribution in [0, 0.1) is 5.92 Å². The largest absolute Gasteiger partial charge is 0.480 e. The number of hydrogen-bond acceptors (Lipinski definition) is 3. The summed E-state index contributed by atoms with van der Waals surface area (Å²) >= 11 is 0. The first-order valence-corrected chi connectivity index (χ1v) is 7.81. The van der Waals surface area contributed by atoms with E-state index in [-0.39, 0.29) is 17.7 Å². The van der Waals surface area contributed by atoms with Gasteiger partial charge >= 0.3 is 5.97 Å². The molecule has 1 fully saturated rings. The number of carboxylic acid groups (broad SMARTS) is 1. The van der Waals surface area contributed by atoms with Gasteiger partial charge in [0.15, 0.2) is 0 Å². The lowest BCUT2D eigenvalue weighted by Crippen LogP contribution is -2.53. The van der Waals surface area contributed by atoms with Gasteiger partial charge in [-0.25, -0.2) is 4.79 Å². The van der Waals surface area contributed by atoms with E-state index in [0.29, 0.717) is 24.9 Å². The van der Waals surface area contributed by atoms with Crippen LogP contribution in [0.3, 0.4) is 0 Å². The van der Waals surface area contributed by atoms with Gasteiger partial charge in [0, 0.05) is 12.1 Å². The van der Waals surface area contributed by atoms with Gasteiger partial charge in [-0.05, 0) is 30.9 Å². The molecule has 2 amide bonds. The smallest absolute Gasteiger partial charge is 0.326 e. The van der Waals surface area contributed by atoms with Crippen molar-refractivity contribution in [3.8, 4) is 0 Å². The molecule has 0 aromatic heterocycles. The van der Waals surface area contributed by atoms with Gasteiger partial charge < -0.3 is 15.3 Å². The molecule has 6 heteroatoms. The number of nitrogens with zero attached hydrogens (tertiary/aromatic N) is 1. The molecular formula is C17H22N2O4. The van der Waals surface area contributed by atoms with Gasteiger partial charge in [-0.2, -0.15) is 0 Å². The van der Waals surface area contributed by atoms with Crippen LogP contribution in [0.15, 0.2) is 30.3 Å². The summed E-state index contributed by atoms with van der Waals surface area (Å²) < 4.78 is 0. The monoisotopic (exact) mass is 318 g/mol. The van der Waals surface area contributed by atoms with Crippen LogP contribution < -0.4 is 5.32 Å². The molecule has 23 heavy (non-hydrogen) atoms. The van der Waals surface area contributed by atoms with Crippen molar-refractivity contribution in [1.29, 1.82) is 0 Å². The minimum atomic E-state index is -0.993. The summed E-state index contributed by atoms with van der Waals surface area (Å²) in [5.41, 5.74) is 0.474. The second kappa shape index (κ2) is 7.26. The van der Waals surface area contributed by atoms with Crippen molar-refractivity contribution >= 4 is 17.8 Å². The average Bonchev–Trinajstić information content (AvgIpc) is 3.02. The quantitative estimate of drug-likeness (QED) is 0.861. The summed E-state index contributed by atoms with van der Waals surface area (Å²) in [5, 5.41) is 12.0. The molecule has 2 rings (SSSR count). The Balaban J connectivity index is 2.13. The lowest BCUT2D eigenvalue weighted by Gasteiger charge is -2.29. The van der Waals surface area contributed by atoms with Crippen molar-refractivity contribution < 1.29 is 19.5 Å². The number of amides is 2. The van der Waals surface area contributed by atoms with Gasteiger partial charge in [0.1, 0.15) is 12.1 Å². The van der Waals surface area contributed by atoms with Crippen LogP contribution in [0.5, 0.6) is 0 Å². The van der Waals surface area contributed by atoms with Crippen molar-refractivity contribution in [2.75, 3.05) is 6.54 Å². The number of nitrogens with one attached hydrogen (secondary N) is 1. The van der Waals surface area contributed by atoms with Crippen LogP contribution in [0.1, 0.15) is 37.0 Å². The average molecular weight is 318 g/mol. The van der Waals surface area contributed by atoms with E-state index in [1.54, 1.807) is 24.3 Å². The highest BCUT2D eigenvalue weighted by Gasteiger charge is 2.38. The van der Waals surface area contributed by atoms with Crippen molar-refractivity contribution in [2.24, 2.45) is 5.92 Å². The summed E-state index contributed by atoms with van der Waals surface area (Å²) in [6.45, 7) is 4.08. The summed E-state index contributed by atoms with van der Waals surface area (Å²) in [4.78, 5) is 37.7. The maximum atomic E-state index is 12.7. The zero-order chi connectivity index (χ0) is 17.0. The van der Waals surface area contributed by atoms with Gasteiger partial charge in [-0.3, -0.25) is 9.59 Å². The highest BCUT2D eigenvalue weighted by molar-refractivity contribution is 5.98. The van der Waals surface area contributed by atoms with Crippen molar-refractivity contribution in [3.63, 3.8) is 0 Å². The molecule has 1 saturated heterocycles. The Morgan fingerprint density at radius 3 is 2.43 bits per heavy atom. The van der Waals surface area contributed by atoms with E-state index in [9.17, 15) is 19.5 Å². The molecule has 2 N–H and O–H groups in total. The predicted molar refractivity (Wildman–Crippen MR) is 84.9 cm³/mol. The molecule has 0 aliphatic carbocycles. The maximum Gasteiger partial charge on any atom is 0.326 e. The Morgan fingerprint density at radius 1 is 1.22 bits per heavy atom. The van der Waals surface area contributed by atoms with Crippen LogP contribution >= 0.6 is 0 Å². The fourth-order valence-electron chi connectivity index (χ4n) is 2.79. The number of aliphatic carboxylic acids is 1. The molecule has 1 aliphatic rings. The molecule has 0 saturated carbocycles. The summed E-state index contributed by atoms with van der Waals surface area (Å²) in [6.07, 6.45) is 1.12. The topological polar surface area (TPSA) is 86.7 Å². The van der Waals surface area contributed by atoms with Crippen LogP contribution in [0.2, 0.25) is 0 Å². The number of likely N-dealkylation sites (tertiary alicyclic amines) is 1. The zero-order valence-electron chi connectivity index (χ0n) is 13.4. The van der Waals surface area contributed by atoms with Crippen molar-refractivity contribution in [3.05, 3.63) is 35.9 Å². The third-order valence-corrected chi connectivity index (χ3v) is 4.08. The fraction of sp³-hybridized carbons (Fsp3) is 0.471. The summed E-state index contributed by atoms with van der Waals surface area (Å²) in [7, 11) is 0. The number of carbonyl (C=O) groups excluding carboxylic acids is 2. The Labute approximate surface area is 135 Å². The molecule has 6 nitrogen and oxygen atoms in total. The van der Waals surface area contributed by atoms with Crippen LogP contribution in [-0.2, 0) is 9.59 Å². The van der Waals surface area contributed by atoms with E-state index in [1.807, 2.05) is 19.9 Å². The maximum absolute atomic E-state index is 12.7. The SMILES string of the molecule is CC(C)[C@H](NC(=O)c1ccccc1)C(=O)N1CCC[C@H]1C(=O)O. The molecule has 124 valence electrons. The number of hydrogen-bond donors (Lipinski definition) is 2. The van der Waals surface area contributed by atoms with Crippen LogP contribution in [0.25, 0.3) is 0 Å². The Bertz CT molecular complexity index is 586. The van der Waals surface area contributed by atoms with Crippen LogP contribution in [-0.4, -0.2) is 46.4 Å². The van der Waals surface area contributed by atoms with E-state index >= 15 is 0 Å². The van der Waals surface area contributed by atoms with E-state index < -0.39 is 18.1 Å². The number of rotatable bonds is 5. The van der Waals surface area contributed by atoms with E-state index in [1.165, 1.54) is 4.90 Å². The fourth-order valence-corrected chi connectivity index (χ4v) is 2.79. The van der Waals surface area contributed by atoms with Gasteiger partial charge in [0.2, 0.25) is 5.91 Å². The third-order valence-electron chi connectivity index (χ3n) is 4.08. The third kappa shape index (κ3) is 3.88. The number of carbonyl (C=O) groups is 3. The molecule has 1 heterocycles. The first kappa shape index (κ1) is 17.0. The molecule has 2 atom stereocenters. The van der Waals surface area contributed by atoms with Gasteiger partial charge in [-0.15, -0.1) is 0 Å².